The van der Waals surface area contributed by atoms with E-state index in [9.17, 15) is 18.0 Å². The van der Waals surface area contributed by atoms with Crippen LogP contribution in [0.5, 0.6) is 0 Å². The first-order chi connectivity index (χ1) is 8.93. The van der Waals surface area contributed by atoms with Gasteiger partial charge in [0.15, 0.2) is 17.5 Å². The number of ether oxygens (including phenoxy) is 1. The molecule has 3 nitrogen and oxygen atoms in total. The Morgan fingerprint density at radius 1 is 1.32 bits per heavy atom. The van der Waals surface area contributed by atoms with Crippen LogP contribution in [-0.4, -0.2) is 18.6 Å². The van der Waals surface area contributed by atoms with Crippen LogP contribution in [-0.2, 0) is 16.0 Å². The number of halogens is 3. The molecule has 2 N–H and O–H groups in total. The van der Waals surface area contributed by atoms with E-state index in [2.05, 4.69) is 0 Å². The van der Waals surface area contributed by atoms with Crippen LogP contribution in [0.2, 0.25) is 0 Å². The van der Waals surface area contributed by atoms with Crippen molar-refractivity contribution in [1.29, 1.82) is 0 Å². The molecule has 0 fully saturated rings. The number of nitrogens with two attached hydrogens (primary N) is 1. The summed E-state index contributed by atoms with van der Waals surface area (Å²) in [5, 5.41) is 0. The lowest BCUT2D eigenvalue weighted by molar-refractivity contribution is -0.143. The molecule has 0 aromatic heterocycles. The molecule has 0 saturated heterocycles. The second-order valence-electron chi connectivity index (χ2n) is 4.18. The quantitative estimate of drug-likeness (QED) is 0.640. The van der Waals surface area contributed by atoms with Crippen molar-refractivity contribution in [3.05, 3.63) is 35.1 Å². The molecule has 1 unspecified atom stereocenters. The molecule has 6 heteroatoms. The molecule has 0 aliphatic heterocycles. The van der Waals surface area contributed by atoms with E-state index in [-0.39, 0.29) is 24.4 Å². The topological polar surface area (TPSA) is 52.3 Å². The second kappa shape index (κ2) is 7.13. The van der Waals surface area contributed by atoms with Gasteiger partial charge in [0, 0.05) is 12.5 Å². The van der Waals surface area contributed by atoms with Gasteiger partial charge in [-0.3, -0.25) is 4.79 Å². The third kappa shape index (κ3) is 4.90. The molecule has 0 amide bonds. The van der Waals surface area contributed by atoms with Crippen LogP contribution < -0.4 is 5.73 Å². The Hall–Kier alpha value is -1.56. The maximum absolute atomic E-state index is 13.0. The van der Waals surface area contributed by atoms with Crippen molar-refractivity contribution in [2.45, 2.75) is 32.2 Å². The number of esters is 1. The fourth-order valence-corrected chi connectivity index (χ4v) is 1.67. The lowest BCUT2D eigenvalue weighted by Crippen LogP contribution is -2.24. The molecule has 1 aromatic carbocycles. The first-order valence-electron chi connectivity index (χ1n) is 5.98. The molecule has 0 radical (unpaired) electrons. The van der Waals surface area contributed by atoms with Gasteiger partial charge in [-0.15, -0.1) is 0 Å². The molecular formula is C13H16F3NO2. The fourth-order valence-electron chi connectivity index (χ4n) is 1.67. The maximum atomic E-state index is 13.0. The summed E-state index contributed by atoms with van der Waals surface area (Å²) in [6.07, 6.45) is 0.633. The summed E-state index contributed by atoms with van der Waals surface area (Å²) >= 11 is 0. The normalized spacial score (nSPS) is 12.3. The van der Waals surface area contributed by atoms with Crippen molar-refractivity contribution in [3.8, 4) is 0 Å². The Bertz CT molecular complexity index is 429. The number of carbonyl (C=O) groups is 1. The van der Waals surface area contributed by atoms with Crippen LogP contribution in [0.3, 0.4) is 0 Å². The lowest BCUT2D eigenvalue weighted by atomic mass is 10.0. The summed E-state index contributed by atoms with van der Waals surface area (Å²) in [5.41, 5.74) is 6.00. The van der Waals surface area contributed by atoms with Gasteiger partial charge >= 0.3 is 5.97 Å². The van der Waals surface area contributed by atoms with Crippen molar-refractivity contribution < 1.29 is 22.7 Å². The first-order valence-corrected chi connectivity index (χ1v) is 5.98. The Morgan fingerprint density at radius 2 is 1.89 bits per heavy atom. The smallest absolute Gasteiger partial charge is 0.305 e. The third-order valence-corrected chi connectivity index (χ3v) is 2.57. The number of benzene rings is 1. The minimum Gasteiger partial charge on any atom is -0.466 e. The monoisotopic (exact) mass is 275 g/mol. The molecule has 0 aliphatic carbocycles. The van der Waals surface area contributed by atoms with Gasteiger partial charge in [0.05, 0.1) is 6.61 Å². The Kier molecular flexibility index (Phi) is 5.82. The zero-order chi connectivity index (χ0) is 14.4. The Morgan fingerprint density at radius 3 is 2.42 bits per heavy atom. The van der Waals surface area contributed by atoms with Crippen LogP contribution in [0.25, 0.3) is 0 Å². The summed E-state index contributed by atoms with van der Waals surface area (Å²) in [6.45, 7) is 1.99. The molecule has 0 bridgehead atoms. The van der Waals surface area contributed by atoms with E-state index in [0.29, 0.717) is 13.0 Å². The van der Waals surface area contributed by atoms with Crippen LogP contribution >= 0.6 is 0 Å². The van der Waals surface area contributed by atoms with E-state index >= 15 is 0 Å². The average Bonchev–Trinajstić information content (AvgIpc) is 2.34. The van der Waals surface area contributed by atoms with Gasteiger partial charge < -0.3 is 10.5 Å². The van der Waals surface area contributed by atoms with Gasteiger partial charge in [0.2, 0.25) is 0 Å². The third-order valence-electron chi connectivity index (χ3n) is 2.57. The Labute approximate surface area is 109 Å². The predicted octanol–water partition coefficient (Wildman–Crippen LogP) is 2.32. The van der Waals surface area contributed by atoms with Crippen molar-refractivity contribution in [3.63, 3.8) is 0 Å². The SMILES string of the molecule is CCOC(=O)CCC(N)Cc1cc(F)c(F)c(F)c1. The molecule has 1 aromatic rings. The zero-order valence-corrected chi connectivity index (χ0v) is 10.6. The average molecular weight is 275 g/mol. The maximum Gasteiger partial charge on any atom is 0.305 e. The first kappa shape index (κ1) is 15.5. The van der Waals surface area contributed by atoms with Crippen LogP contribution in [0.1, 0.15) is 25.3 Å². The number of hydrogen-bond acceptors (Lipinski definition) is 3. The highest BCUT2D eigenvalue weighted by Gasteiger charge is 2.13. The van der Waals surface area contributed by atoms with E-state index < -0.39 is 23.5 Å². The van der Waals surface area contributed by atoms with E-state index in [4.69, 9.17) is 10.5 Å². The molecular weight excluding hydrogens is 259 g/mol. The lowest BCUT2D eigenvalue weighted by Gasteiger charge is -2.11. The molecule has 0 heterocycles. The van der Waals surface area contributed by atoms with E-state index in [1.54, 1.807) is 6.92 Å². The number of hydrogen-bond donors (Lipinski definition) is 1. The summed E-state index contributed by atoms with van der Waals surface area (Å²) in [6, 6.07) is 1.36. The van der Waals surface area contributed by atoms with Gasteiger partial charge in [-0.2, -0.15) is 0 Å². The highest BCUT2D eigenvalue weighted by molar-refractivity contribution is 5.69. The van der Waals surface area contributed by atoms with Gasteiger partial charge in [-0.25, -0.2) is 13.2 Å². The van der Waals surface area contributed by atoms with E-state index in [0.717, 1.165) is 12.1 Å². The van der Waals surface area contributed by atoms with Crippen LogP contribution in [0.4, 0.5) is 13.2 Å². The largest absolute Gasteiger partial charge is 0.466 e. The number of carbonyl (C=O) groups excluding carboxylic acids is 1. The van der Waals surface area contributed by atoms with Crippen molar-refractivity contribution in [1.82, 2.24) is 0 Å². The van der Waals surface area contributed by atoms with E-state index in [1.165, 1.54) is 0 Å². The zero-order valence-electron chi connectivity index (χ0n) is 10.6. The standard InChI is InChI=1S/C13H16F3NO2/c1-2-19-12(18)4-3-9(17)5-8-6-10(14)13(16)11(15)7-8/h6-7,9H,2-5,17H2,1H3. The van der Waals surface area contributed by atoms with Gasteiger partial charge in [0.25, 0.3) is 0 Å². The van der Waals surface area contributed by atoms with Crippen molar-refractivity contribution in [2.75, 3.05) is 6.61 Å². The van der Waals surface area contributed by atoms with Crippen LogP contribution in [0, 0.1) is 17.5 Å². The molecule has 19 heavy (non-hydrogen) atoms. The molecule has 0 aliphatic rings. The molecule has 1 rings (SSSR count). The van der Waals surface area contributed by atoms with Gasteiger partial charge in [0.1, 0.15) is 0 Å². The molecule has 106 valence electrons. The van der Waals surface area contributed by atoms with Gasteiger partial charge in [-0.1, -0.05) is 0 Å². The molecule has 0 spiro atoms. The highest BCUT2D eigenvalue weighted by Crippen LogP contribution is 2.15. The van der Waals surface area contributed by atoms with E-state index in [1.807, 2.05) is 0 Å². The van der Waals surface area contributed by atoms with Gasteiger partial charge in [-0.05, 0) is 37.5 Å². The van der Waals surface area contributed by atoms with Crippen LogP contribution in [0.15, 0.2) is 12.1 Å². The Balaban J connectivity index is 2.53. The molecule has 0 saturated carbocycles. The number of rotatable bonds is 6. The minimum absolute atomic E-state index is 0.140. The van der Waals surface area contributed by atoms with Crippen molar-refractivity contribution >= 4 is 5.97 Å². The second-order valence-corrected chi connectivity index (χ2v) is 4.18. The summed E-state index contributed by atoms with van der Waals surface area (Å²) in [5.74, 6) is -4.35. The van der Waals surface area contributed by atoms with Crippen molar-refractivity contribution in [2.24, 2.45) is 5.73 Å². The summed E-state index contributed by atoms with van der Waals surface area (Å²) in [7, 11) is 0. The minimum atomic E-state index is -1.50. The summed E-state index contributed by atoms with van der Waals surface area (Å²) in [4.78, 5) is 11.1. The molecule has 1 atom stereocenters. The summed E-state index contributed by atoms with van der Waals surface area (Å²) < 4.78 is 43.4. The predicted molar refractivity (Wildman–Crippen MR) is 63.9 cm³/mol. The highest BCUT2D eigenvalue weighted by atomic mass is 19.2. The fraction of sp³-hybridized carbons (Fsp3) is 0.462.